The number of likely N-dealkylation sites (tertiary alicyclic amines) is 2. The second kappa shape index (κ2) is 5.42. The number of rotatable bonds is 2. The van der Waals surface area contributed by atoms with Crippen LogP contribution >= 0.6 is 11.3 Å². The van der Waals surface area contributed by atoms with E-state index in [1.54, 1.807) is 10.5 Å². The minimum atomic E-state index is -0.0167. The third-order valence-corrected chi connectivity index (χ3v) is 5.99. The lowest BCUT2D eigenvalue weighted by Gasteiger charge is -2.35. The molecular formula is C16H20N4O2S. The Morgan fingerprint density at radius 3 is 3.04 bits per heavy atom. The molecule has 2 aliphatic heterocycles. The largest absolute Gasteiger partial charge is 0.344 e. The van der Waals surface area contributed by atoms with E-state index < -0.39 is 0 Å². The first-order valence-corrected chi connectivity index (χ1v) is 8.88. The minimum Gasteiger partial charge on any atom is -0.344 e. The van der Waals surface area contributed by atoms with Crippen LogP contribution in [0, 0.1) is 12.8 Å². The molecule has 0 saturated carbocycles. The molecule has 0 bridgehead atoms. The summed E-state index contributed by atoms with van der Waals surface area (Å²) in [7, 11) is 1.88. The van der Waals surface area contributed by atoms with Crippen molar-refractivity contribution in [3.05, 3.63) is 33.2 Å². The smallest absolute Gasteiger partial charge is 0.259 e. The molecule has 0 radical (unpaired) electrons. The molecule has 122 valence electrons. The first kappa shape index (κ1) is 14.8. The van der Waals surface area contributed by atoms with Crippen LogP contribution in [-0.4, -0.2) is 51.3 Å². The molecule has 4 heterocycles. The summed E-state index contributed by atoms with van der Waals surface area (Å²) >= 11 is 1.50. The van der Waals surface area contributed by atoms with Gasteiger partial charge >= 0.3 is 0 Å². The van der Waals surface area contributed by atoms with E-state index in [1.807, 2.05) is 24.3 Å². The van der Waals surface area contributed by atoms with Crippen molar-refractivity contribution in [2.75, 3.05) is 20.1 Å². The Balaban J connectivity index is 1.63. The summed E-state index contributed by atoms with van der Waals surface area (Å²) in [5, 5.41) is 1.95. The van der Waals surface area contributed by atoms with E-state index in [1.165, 1.54) is 11.3 Å². The molecule has 4 rings (SSSR count). The van der Waals surface area contributed by atoms with Crippen molar-refractivity contribution in [2.24, 2.45) is 5.92 Å². The van der Waals surface area contributed by atoms with Gasteiger partial charge in [0.15, 0.2) is 4.96 Å². The maximum Gasteiger partial charge on any atom is 0.259 e. The summed E-state index contributed by atoms with van der Waals surface area (Å²) in [5.41, 5.74) is 1.71. The van der Waals surface area contributed by atoms with Crippen molar-refractivity contribution in [1.29, 1.82) is 0 Å². The third kappa shape index (κ3) is 2.38. The molecule has 2 atom stereocenters. The van der Waals surface area contributed by atoms with Gasteiger partial charge in [-0.3, -0.25) is 18.9 Å². The van der Waals surface area contributed by atoms with E-state index in [0.29, 0.717) is 6.54 Å². The van der Waals surface area contributed by atoms with E-state index >= 15 is 0 Å². The standard InChI is InChI=1S/C16H20N4O2S/c1-10-9-23-16-17-11(6-14(21)20(10)16)7-19-5-3-4-12-13(19)8-18(2)15(12)22/h6,9,12-13H,3-5,7-8H2,1-2H3/t12-,13-/m1/s1. The second-order valence-corrected chi connectivity index (χ2v) is 7.42. The first-order chi connectivity index (χ1) is 11.0. The molecule has 6 nitrogen and oxygen atoms in total. The van der Waals surface area contributed by atoms with Gasteiger partial charge in [-0.05, 0) is 26.3 Å². The average Bonchev–Trinajstić information content (AvgIpc) is 3.02. The van der Waals surface area contributed by atoms with Crippen LogP contribution in [-0.2, 0) is 11.3 Å². The van der Waals surface area contributed by atoms with Crippen molar-refractivity contribution < 1.29 is 4.79 Å². The van der Waals surface area contributed by atoms with Crippen LogP contribution in [0.25, 0.3) is 4.96 Å². The molecule has 1 amide bonds. The highest BCUT2D eigenvalue weighted by Crippen LogP contribution is 2.31. The SMILES string of the molecule is Cc1csc2nc(CN3CCC[C@H]4C(=O)N(C)C[C@H]43)cc(=O)n12. The zero-order chi connectivity index (χ0) is 16.1. The lowest BCUT2D eigenvalue weighted by Crippen LogP contribution is -2.45. The van der Waals surface area contributed by atoms with Crippen molar-refractivity contribution in [3.8, 4) is 0 Å². The number of fused-ring (bicyclic) bond motifs is 2. The fourth-order valence-corrected chi connectivity index (χ4v) is 4.79. The highest BCUT2D eigenvalue weighted by molar-refractivity contribution is 7.15. The molecule has 0 aromatic carbocycles. The van der Waals surface area contributed by atoms with Crippen molar-refractivity contribution >= 4 is 22.2 Å². The predicted octanol–water partition coefficient (Wildman–Crippen LogP) is 1.12. The number of aromatic nitrogens is 2. The molecule has 0 aliphatic carbocycles. The number of carbonyl (C=O) groups is 1. The van der Waals surface area contributed by atoms with Crippen LogP contribution in [0.3, 0.4) is 0 Å². The van der Waals surface area contributed by atoms with Gasteiger partial charge in [0.05, 0.1) is 11.6 Å². The monoisotopic (exact) mass is 332 g/mol. The first-order valence-electron chi connectivity index (χ1n) is 8.00. The molecule has 7 heteroatoms. The number of thiazole rings is 1. The molecule has 0 spiro atoms. The number of hydrogen-bond donors (Lipinski definition) is 0. The number of nitrogens with zero attached hydrogens (tertiary/aromatic N) is 4. The van der Waals surface area contributed by atoms with Gasteiger partial charge in [-0.1, -0.05) is 0 Å². The van der Waals surface area contributed by atoms with Gasteiger partial charge in [-0.2, -0.15) is 0 Å². The van der Waals surface area contributed by atoms with Crippen molar-refractivity contribution in [1.82, 2.24) is 19.2 Å². The summed E-state index contributed by atoms with van der Waals surface area (Å²) in [5.74, 6) is 0.375. The number of hydrogen-bond acceptors (Lipinski definition) is 5. The molecule has 2 fully saturated rings. The summed E-state index contributed by atoms with van der Waals surface area (Å²) in [6, 6.07) is 1.89. The van der Waals surface area contributed by atoms with Crippen molar-refractivity contribution in [2.45, 2.75) is 32.4 Å². The van der Waals surface area contributed by atoms with E-state index in [2.05, 4.69) is 9.88 Å². The molecule has 0 unspecified atom stereocenters. The quantitative estimate of drug-likeness (QED) is 0.827. The Morgan fingerprint density at radius 1 is 1.39 bits per heavy atom. The summed E-state index contributed by atoms with van der Waals surface area (Å²) in [6.07, 6.45) is 2.00. The Hall–Kier alpha value is -1.73. The van der Waals surface area contributed by atoms with Crippen LogP contribution in [0.4, 0.5) is 0 Å². The number of aryl methyl sites for hydroxylation is 1. The highest BCUT2D eigenvalue weighted by Gasteiger charge is 2.43. The maximum atomic E-state index is 12.3. The Kier molecular flexibility index (Phi) is 3.50. The van der Waals surface area contributed by atoms with Gasteiger partial charge in [-0.25, -0.2) is 4.98 Å². The van der Waals surface area contributed by atoms with E-state index in [4.69, 9.17) is 0 Å². The maximum absolute atomic E-state index is 12.3. The minimum absolute atomic E-state index is 0.0167. The van der Waals surface area contributed by atoms with Crippen LogP contribution in [0.5, 0.6) is 0 Å². The van der Waals surface area contributed by atoms with Crippen LogP contribution in [0.2, 0.25) is 0 Å². The van der Waals surface area contributed by atoms with Gasteiger partial charge in [0, 0.05) is 43.3 Å². The summed E-state index contributed by atoms with van der Waals surface area (Å²) in [4.78, 5) is 34.1. The molecule has 2 aromatic rings. The van der Waals surface area contributed by atoms with E-state index in [0.717, 1.165) is 42.3 Å². The van der Waals surface area contributed by atoms with Gasteiger partial charge in [0.1, 0.15) is 0 Å². The number of carbonyl (C=O) groups excluding carboxylic acids is 1. The van der Waals surface area contributed by atoms with Gasteiger partial charge in [0.25, 0.3) is 5.56 Å². The molecule has 2 aromatic heterocycles. The number of piperidine rings is 1. The van der Waals surface area contributed by atoms with E-state index in [-0.39, 0.29) is 23.4 Å². The molecule has 2 aliphatic rings. The fraction of sp³-hybridized carbons (Fsp3) is 0.562. The predicted molar refractivity (Wildman–Crippen MR) is 88.6 cm³/mol. The topological polar surface area (TPSA) is 57.9 Å². The zero-order valence-corrected chi connectivity index (χ0v) is 14.2. The second-order valence-electron chi connectivity index (χ2n) is 6.59. The zero-order valence-electron chi connectivity index (χ0n) is 13.4. The third-order valence-electron chi connectivity index (χ3n) is 5.04. The van der Waals surface area contributed by atoms with Crippen LogP contribution in [0.15, 0.2) is 16.2 Å². The van der Waals surface area contributed by atoms with Crippen LogP contribution in [0.1, 0.15) is 24.2 Å². The highest BCUT2D eigenvalue weighted by atomic mass is 32.1. The number of amides is 1. The Morgan fingerprint density at radius 2 is 2.22 bits per heavy atom. The van der Waals surface area contributed by atoms with E-state index in [9.17, 15) is 9.59 Å². The van der Waals surface area contributed by atoms with Gasteiger partial charge < -0.3 is 4.90 Å². The molecule has 0 N–H and O–H groups in total. The Bertz CT molecular complexity index is 827. The van der Waals surface area contributed by atoms with Crippen LogP contribution < -0.4 is 5.56 Å². The fourth-order valence-electron chi connectivity index (χ4n) is 3.90. The lowest BCUT2D eigenvalue weighted by atomic mass is 9.91. The average molecular weight is 332 g/mol. The Labute approximate surface area is 138 Å². The lowest BCUT2D eigenvalue weighted by molar-refractivity contribution is -0.130. The molecule has 2 saturated heterocycles. The molecule has 23 heavy (non-hydrogen) atoms. The van der Waals surface area contributed by atoms with Crippen molar-refractivity contribution in [3.63, 3.8) is 0 Å². The summed E-state index contributed by atoms with van der Waals surface area (Å²) < 4.78 is 1.65. The summed E-state index contributed by atoms with van der Waals surface area (Å²) in [6.45, 7) is 4.31. The normalized spacial score (nSPS) is 25.3. The van der Waals surface area contributed by atoms with Gasteiger partial charge in [-0.15, -0.1) is 11.3 Å². The van der Waals surface area contributed by atoms with Gasteiger partial charge in [0.2, 0.25) is 5.91 Å². The molecular weight excluding hydrogens is 312 g/mol. The number of likely N-dealkylation sites (N-methyl/N-ethyl adjacent to an activating group) is 1.